The number of benzene rings is 1. The monoisotopic (exact) mass is 423 g/mol. The number of fused-ring (bicyclic) bond motifs is 1. The lowest BCUT2D eigenvalue weighted by Crippen LogP contribution is -2.35. The number of nitrogens with zero attached hydrogens (tertiary/aromatic N) is 2. The molecule has 2 aromatic heterocycles. The zero-order valence-corrected chi connectivity index (χ0v) is 16.7. The predicted octanol–water partition coefficient (Wildman–Crippen LogP) is 3.53. The van der Waals surface area contributed by atoms with Crippen molar-refractivity contribution in [2.24, 2.45) is 0 Å². The Hall–Kier alpha value is -3.36. The molecule has 0 atom stereocenters. The number of hydroxylamine groups is 1. The summed E-state index contributed by atoms with van der Waals surface area (Å²) in [5.74, 6) is -1.11. The summed E-state index contributed by atoms with van der Waals surface area (Å²) in [6, 6.07) is 11.1. The van der Waals surface area contributed by atoms with Crippen molar-refractivity contribution < 1.29 is 19.2 Å². The Balaban J connectivity index is 1.65. The second kappa shape index (κ2) is 8.56. The highest BCUT2D eigenvalue weighted by atomic mass is 32.1. The van der Waals surface area contributed by atoms with Crippen LogP contribution in [0.25, 0.3) is 11.6 Å². The summed E-state index contributed by atoms with van der Waals surface area (Å²) < 4.78 is 13.4. The molecule has 30 heavy (non-hydrogen) atoms. The van der Waals surface area contributed by atoms with Crippen LogP contribution in [0.3, 0.4) is 0 Å². The van der Waals surface area contributed by atoms with Crippen molar-refractivity contribution in [2.75, 3.05) is 6.54 Å². The number of hydrogen-bond acceptors (Lipinski definition) is 5. The van der Waals surface area contributed by atoms with E-state index in [0.29, 0.717) is 35.5 Å². The van der Waals surface area contributed by atoms with E-state index in [0.717, 1.165) is 16.0 Å². The molecule has 1 aliphatic heterocycles. The summed E-state index contributed by atoms with van der Waals surface area (Å²) in [4.78, 5) is 32.3. The highest BCUT2D eigenvalue weighted by molar-refractivity contribution is 7.14. The van der Waals surface area contributed by atoms with Crippen LogP contribution in [0.2, 0.25) is 0 Å². The minimum absolute atomic E-state index is 0.177. The molecule has 0 bridgehead atoms. The molecule has 1 aromatic carbocycles. The molecule has 4 rings (SSSR count). The first-order valence-corrected chi connectivity index (χ1v) is 10.1. The highest BCUT2D eigenvalue weighted by Gasteiger charge is 2.26. The van der Waals surface area contributed by atoms with Crippen molar-refractivity contribution in [3.8, 4) is 0 Å². The van der Waals surface area contributed by atoms with Gasteiger partial charge in [0.1, 0.15) is 5.82 Å². The molecule has 0 aliphatic carbocycles. The Bertz CT molecular complexity index is 1110. The third kappa shape index (κ3) is 4.14. The molecular formula is C22H18FN3O3S. The van der Waals surface area contributed by atoms with Crippen molar-refractivity contribution >= 4 is 34.8 Å². The van der Waals surface area contributed by atoms with Gasteiger partial charge in [0, 0.05) is 35.9 Å². The fraction of sp³-hybridized carbons (Fsp3) is 0.136. The molecule has 0 radical (unpaired) electrons. The van der Waals surface area contributed by atoms with Crippen molar-refractivity contribution in [3.63, 3.8) is 0 Å². The average molecular weight is 423 g/mol. The van der Waals surface area contributed by atoms with Crippen LogP contribution in [0.4, 0.5) is 4.39 Å². The molecule has 0 saturated heterocycles. The maximum atomic E-state index is 13.4. The summed E-state index contributed by atoms with van der Waals surface area (Å²) in [6.07, 6.45) is 5.68. The quantitative estimate of drug-likeness (QED) is 0.382. The Morgan fingerprint density at radius 1 is 1.17 bits per heavy atom. The second-order valence-electron chi connectivity index (χ2n) is 6.82. The van der Waals surface area contributed by atoms with Crippen LogP contribution in [0.1, 0.15) is 31.2 Å². The number of hydrogen-bond donors (Lipinski definition) is 2. The van der Waals surface area contributed by atoms with Crippen LogP contribution in [0, 0.1) is 5.82 Å². The SMILES string of the molecule is O=C(NO)c1cc2c(s1)CCN(C(=O)C(=Cc1ccncc1)c1ccc(F)cc1)C2. The van der Waals surface area contributed by atoms with E-state index in [1.54, 1.807) is 59.2 Å². The summed E-state index contributed by atoms with van der Waals surface area (Å²) in [7, 11) is 0. The van der Waals surface area contributed by atoms with Crippen molar-refractivity contribution in [1.82, 2.24) is 15.4 Å². The van der Waals surface area contributed by atoms with Gasteiger partial charge in [0.05, 0.1) is 4.88 Å². The van der Waals surface area contributed by atoms with E-state index in [9.17, 15) is 14.0 Å². The Morgan fingerprint density at radius 3 is 2.60 bits per heavy atom. The first-order valence-electron chi connectivity index (χ1n) is 9.28. The van der Waals surface area contributed by atoms with Crippen molar-refractivity contribution in [3.05, 3.63) is 87.1 Å². The van der Waals surface area contributed by atoms with E-state index in [2.05, 4.69) is 4.98 Å². The average Bonchev–Trinajstić information content (AvgIpc) is 3.21. The number of rotatable bonds is 4. The number of nitrogens with one attached hydrogen (secondary N) is 1. The largest absolute Gasteiger partial charge is 0.334 e. The van der Waals surface area contributed by atoms with Crippen LogP contribution in [-0.4, -0.2) is 33.5 Å². The summed E-state index contributed by atoms with van der Waals surface area (Å²) >= 11 is 1.32. The number of thiophene rings is 1. The topological polar surface area (TPSA) is 82.5 Å². The molecule has 3 heterocycles. The lowest BCUT2D eigenvalue weighted by atomic mass is 10.00. The van der Waals surface area contributed by atoms with E-state index in [1.807, 2.05) is 0 Å². The van der Waals surface area contributed by atoms with Gasteiger partial charge in [0.15, 0.2) is 0 Å². The molecule has 2 amide bonds. The Kier molecular flexibility index (Phi) is 5.69. The molecule has 0 saturated carbocycles. The van der Waals surface area contributed by atoms with Gasteiger partial charge < -0.3 is 4.90 Å². The molecule has 3 aromatic rings. The van der Waals surface area contributed by atoms with Crippen LogP contribution in [0.5, 0.6) is 0 Å². The second-order valence-corrected chi connectivity index (χ2v) is 7.96. The first-order chi connectivity index (χ1) is 14.5. The molecule has 2 N–H and O–H groups in total. The highest BCUT2D eigenvalue weighted by Crippen LogP contribution is 2.30. The molecule has 1 aliphatic rings. The third-order valence-electron chi connectivity index (χ3n) is 4.88. The molecular weight excluding hydrogens is 405 g/mol. The number of aromatic nitrogens is 1. The number of halogens is 1. The van der Waals surface area contributed by atoms with E-state index in [1.165, 1.54) is 23.5 Å². The summed E-state index contributed by atoms with van der Waals surface area (Å²) in [5, 5.41) is 8.85. The van der Waals surface area contributed by atoms with Gasteiger partial charge in [0.2, 0.25) is 0 Å². The van der Waals surface area contributed by atoms with E-state index >= 15 is 0 Å². The number of amides is 2. The molecule has 6 nitrogen and oxygen atoms in total. The van der Waals surface area contributed by atoms with E-state index in [-0.39, 0.29) is 11.7 Å². The van der Waals surface area contributed by atoms with Gasteiger partial charge in [-0.2, -0.15) is 0 Å². The fourth-order valence-corrected chi connectivity index (χ4v) is 4.42. The van der Waals surface area contributed by atoms with Gasteiger partial charge >= 0.3 is 0 Å². The zero-order chi connectivity index (χ0) is 21.1. The van der Waals surface area contributed by atoms with Gasteiger partial charge in [-0.05, 0) is 59.5 Å². The molecule has 0 fully saturated rings. The minimum atomic E-state index is -0.558. The standard InChI is InChI=1S/C22H18FN3O3S/c23-17-3-1-15(2-4-17)18(11-14-5-8-24-9-6-14)22(28)26-10-7-19-16(13-26)12-20(30-19)21(27)25-29/h1-6,8-9,11-12,29H,7,10,13H2,(H,25,27). The lowest BCUT2D eigenvalue weighted by Gasteiger charge is -2.28. The number of carbonyl (C=O) groups excluding carboxylic acids is 2. The van der Waals surface area contributed by atoms with Gasteiger partial charge in [-0.25, -0.2) is 9.87 Å². The van der Waals surface area contributed by atoms with E-state index < -0.39 is 5.91 Å². The van der Waals surface area contributed by atoms with Gasteiger partial charge in [-0.1, -0.05) is 12.1 Å². The maximum Gasteiger partial charge on any atom is 0.284 e. The normalized spacial score (nSPS) is 13.7. The Morgan fingerprint density at radius 2 is 1.90 bits per heavy atom. The van der Waals surface area contributed by atoms with E-state index in [4.69, 9.17) is 5.21 Å². The first kappa shape index (κ1) is 19.9. The van der Waals surface area contributed by atoms with Crippen LogP contribution < -0.4 is 5.48 Å². The van der Waals surface area contributed by atoms with Crippen molar-refractivity contribution in [2.45, 2.75) is 13.0 Å². The van der Waals surface area contributed by atoms with Crippen LogP contribution in [-0.2, 0) is 17.8 Å². The predicted molar refractivity (Wildman–Crippen MR) is 111 cm³/mol. The van der Waals surface area contributed by atoms with Gasteiger partial charge in [0.25, 0.3) is 11.8 Å². The fourth-order valence-electron chi connectivity index (χ4n) is 3.37. The summed E-state index contributed by atoms with van der Waals surface area (Å²) in [6.45, 7) is 0.861. The molecule has 152 valence electrons. The molecule has 0 unspecified atom stereocenters. The maximum absolute atomic E-state index is 13.4. The zero-order valence-electron chi connectivity index (χ0n) is 15.8. The van der Waals surface area contributed by atoms with Crippen LogP contribution >= 0.6 is 11.3 Å². The lowest BCUT2D eigenvalue weighted by molar-refractivity contribution is -0.125. The minimum Gasteiger partial charge on any atom is -0.334 e. The smallest absolute Gasteiger partial charge is 0.284 e. The summed E-state index contributed by atoms with van der Waals surface area (Å²) in [5.41, 5.74) is 4.42. The van der Waals surface area contributed by atoms with Crippen molar-refractivity contribution in [1.29, 1.82) is 0 Å². The van der Waals surface area contributed by atoms with Gasteiger partial charge in [-0.15, -0.1) is 11.3 Å². The van der Waals surface area contributed by atoms with Gasteiger partial charge in [-0.3, -0.25) is 19.8 Å². The van der Waals surface area contributed by atoms with Crippen LogP contribution in [0.15, 0.2) is 54.9 Å². The molecule has 8 heteroatoms. The number of pyridine rings is 1. The molecule has 0 spiro atoms. The Labute approximate surface area is 176 Å². The number of carbonyl (C=O) groups is 2. The third-order valence-corrected chi connectivity index (χ3v) is 6.12.